The van der Waals surface area contributed by atoms with Crippen LogP contribution >= 0.6 is 0 Å². The molecule has 1 unspecified atom stereocenters. The maximum atomic E-state index is 13.1. The molecule has 3 heterocycles. The summed E-state index contributed by atoms with van der Waals surface area (Å²) in [6, 6.07) is 7.16. The number of carbonyl (C=O) groups is 4. The van der Waals surface area contributed by atoms with Gasteiger partial charge in [-0.2, -0.15) is 0 Å². The smallest absolute Gasteiger partial charge is 0.325 e. The number of benzene rings is 1. The monoisotopic (exact) mass is 535 g/mol. The molecule has 208 valence electrons. The molecule has 5 bridgehead atoms. The SMILES string of the molecule is CC1NC(=O)[C@H](C(C)C)NC(=O)[C@H](C)/C=C/c2ccc3ccc(nc3c2)[C@@H](C)OC(=O)[C@@H]2CCCN(N2)C1=O. The minimum atomic E-state index is -0.870. The van der Waals surface area contributed by atoms with Gasteiger partial charge in [0.1, 0.15) is 24.2 Å². The lowest BCUT2D eigenvalue weighted by molar-refractivity contribution is -0.157. The van der Waals surface area contributed by atoms with Crippen molar-refractivity contribution in [1.29, 1.82) is 0 Å². The molecule has 10 nitrogen and oxygen atoms in total. The number of pyridine rings is 1. The first kappa shape index (κ1) is 28.2. The van der Waals surface area contributed by atoms with E-state index >= 15 is 0 Å². The standard InChI is InChI=1S/C29H37N5O5/c1-16(2)25-27(36)30-18(4)28(37)34-14-6-7-23(33-34)29(38)39-19(5)22-13-12-21-11-10-20(15-24(21)31-22)9-8-17(3)26(35)32-25/h8-13,15-19,23,25,33H,6-7,14H2,1-5H3,(H,30,36)(H,32,35)/b9-8+/t17-,18?,19-,23+,25+/m1/s1. The van der Waals surface area contributed by atoms with E-state index in [2.05, 4.69) is 16.1 Å². The normalized spacial score (nSPS) is 28.2. The maximum absolute atomic E-state index is 13.1. The van der Waals surface area contributed by atoms with E-state index in [-0.39, 0.29) is 17.7 Å². The molecule has 39 heavy (non-hydrogen) atoms. The number of fused-ring (bicyclic) bond motifs is 4. The van der Waals surface area contributed by atoms with Crippen LogP contribution in [0.2, 0.25) is 0 Å². The van der Waals surface area contributed by atoms with Crippen LogP contribution < -0.4 is 16.1 Å². The van der Waals surface area contributed by atoms with E-state index in [1.165, 1.54) is 5.01 Å². The third-order valence-corrected chi connectivity index (χ3v) is 7.15. The number of hydrazine groups is 1. The number of ether oxygens (including phenoxy) is 1. The largest absolute Gasteiger partial charge is 0.455 e. The Labute approximate surface area is 228 Å². The van der Waals surface area contributed by atoms with E-state index in [9.17, 15) is 19.2 Å². The molecule has 3 N–H and O–H groups in total. The predicted octanol–water partition coefficient (Wildman–Crippen LogP) is 2.64. The van der Waals surface area contributed by atoms with Gasteiger partial charge < -0.3 is 15.4 Å². The molecule has 1 aromatic heterocycles. The van der Waals surface area contributed by atoms with Crippen LogP contribution in [0, 0.1) is 11.8 Å². The molecule has 5 atom stereocenters. The second-order valence-electron chi connectivity index (χ2n) is 10.7. The topological polar surface area (TPSA) is 130 Å². The van der Waals surface area contributed by atoms with Crippen molar-refractivity contribution in [3.63, 3.8) is 0 Å². The number of nitrogens with zero attached hydrogens (tertiary/aromatic N) is 2. The lowest BCUT2D eigenvalue weighted by atomic mass is 10.0. The lowest BCUT2D eigenvalue weighted by Crippen LogP contribution is -2.61. The summed E-state index contributed by atoms with van der Waals surface area (Å²) in [6.07, 6.45) is 4.12. The summed E-state index contributed by atoms with van der Waals surface area (Å²) in [5, 5.41) is 7.85. The van der Waals surface area contributed by atoms with E-state index in [0.717, 1.165) is 16.5 Å². The van der Waals surface area contributed by atoms with E-state index in [1.54, 1.807) is 26.8 Å². The molecule has 1 aromatic carbocycles. The van der Waals surface area contributed by atoms with Crippen molar-refractivity contribution < 1.29 is 23.9 Å². The van der Waals surface area contributed by atoms with Gasteiger partial charge in [-0.1, -0.05) is 51.1 Å². The van der Waals surface area contributed by atoms with Gasteiger partial charge in [-0.15, -0.1) is 0 Å². The number of nitrogens with one attached hydrogen (secondary N) is 3. The fraction of sp³-hybridized carbons (Fsp3) is 0.483. The number of hydrogen-bond donors (Lipinski definition) is 3. The number of rotatable bonds is 1. The number of esters is 1. The number of amides is 3. The molecule has 0 saturated carbocycles. The lowest BCUT2D eigenvalue weighted by Gasteiger charge is -2.35. The van der Waals surface area contributed by atoms with E-state index in [4.69, 9.17) is 9.72 Å². The Bertz CT molecular complexity index is 1290. The first-order valence-electron chi connectivity index (χ1n) is 13.5. The first-order chi connectivity index (χ1) is 18.5. The Morgan fingerprint density at radius 1 is 1.00 bits per heavy atom. The Morgan fingerprint density at radius 2 is 1.74 bits per heavy atom. The molecule has 2 aliphatic rings. The summed E-state index contributed by atoms with van der Waals surface area (Å²) >= 11 is 0. The average molecular weight is 536 g/mol. The van der Waals surface area contributed by atoms with Gasteiger partial charge in [-0.3, -0.25) is 24.2 Å². The molecular weight excluding hydrogens is 498 g/mol. The van der Waals surface area contributed by atoms with Gasteiger partial charge in [0.25, 0.3) is 5.91 Å². The van der Waals surface area contributed by atoms with E-state index in [1.807, 2.05) is 50.3 Å². The summed E-state index contributed by atoms with van der Waals surface area (Å²) in [5.41, 5.74) is 5.17. The first-order valence-corrected chi connectivity index (χ1v) is 13.5. The number of carbonyl (C=O) groups excluding carboxylic acids is 4. The quantitative estimate of drug-likeness (QED) is 0.479. The zero-order chi connectivity index (χ0) is 28.3. The van der Waals surface area contributed by atoms with E-state index < -0.39 is 42.0 Å². The van der Waals surface area contributed by atoms with Crippen molar-refractivity contribution in [3.8, 4) is 0 Å². The molecule has 0 spiro atoms. The van der Waals surface area contributed by atoms with Crippen molar-refractivity contribution in [2.24, 2.45) is 11.8 Å². The molecule has 1 saturated heterocycles. The highest BCUT2D eigenvalue weighted by Gasteiger charge is 2.34. The highest BCUT2D eigenvalue weighted by atomic mass is 16.5. The minimum Gasteiger partial charge on any atom is -0.455 e. The molecular formula is C29H37N5O5. The highest BCUT2D eigenvalue weighted by molar-refractivity contribution is 5.93. The summed E-state index contributed by atoms with van der Waals surface area (Å²) < 4.78 is 5.73. The van der Waals surface area contributed by atoms with Gasteiger partial charge in [-0.25, -0.2) is 10.4 Å². The number of hydrogen-bond acceptors (Lipinski definition) is 7. The summed E-state index contributed by atoms with van der Waals surface area (Å²) in [5.74, 6) is -2.30. The third-order valence-electron chi connectivity index (χ3n) is 7.15. The Hall–Kier alpha value is -3.79. The van der Waals surface area contributed by atoms with Crippen LogP contribution in [0.3, 0.4) is 0 Å². The van der Waals surface area contributed by atoms with Gasteiger partial charge in [0.2, 0.25) is 11.8 Å². The zero-order valence-corrected chi connectivity index (χ0v) is 23.1. The van der Waals surface area contributed by atoms with Crippen LogP contribution in [0.15, 0.2) is 36.4 Å². The zero-order valence-electron chi connectivity index (χ0n) is 23.1. The second kappa shape index (κ2) is 11.9. The molecule has 4 rings (SSSR count). The van der Waals surface area contributed by atoms with Crippen LogP contribution in [-0.2, 0) is 23.9 Å². The summed E-state index contributed by atoms with van der Waals surface area (Å²) in [7, 11) is 0. The van der Waals surface area contributed by atoms with E-state index in [0.29, 0.717) is 25.1 Å². The van der Waals surface area contributed by atoms with Crippen LogP contribution in [0.5, 0.6) is 0 Å². The molecule has 3 amide bonds. The molecule has 10 heteroatoms. The second-order valence-corrected chi connectivity index (χ2v) is 10.7. The van der Waals surface area contributed by atoms with Gasteiger partial charge in [0, 0.05) is 11.9 Å². The fourth-order valence-electron chi connectivity index (χ4n) is 4.67. The average Bonchev–Trinajstić information content (AvgIpc) is 2.92. The van der Waals surface area contributed by atoms with Crippen LogP contribution in [0.1, 0.15) is 64.8 Å². The molecule has 0 radical (unpaired) electrons. The fourth-order valence-corrected chi connectivity index (χ4v) is 4.67. The van der Waals surface area contributed by atoms with Gasteiger partial charge in [0.05, 0.1) is 17.1 Å². The Kier molecular flexibility index (Phi) is 8.64. The molecule has 2 aromatic rings. The number of cyclic esters (lactones) is 1. The van der Waals surface area contributed by atoms with Gasteiger partial charge in [0.15, 0.2) is 0 Å². The summed E-state index contributed by atoms with van der Waals surface area (Å²) in [4.78, 5) is 56.9. The Morgan fingerprint density at radius 3 is 2.49 bits per heavy atom. The summed E-state index contributed by atoms with van der Waals surface area (Å²) in [6.45, 7) is 9.16. The maximum Gasteiger partial charge on any atom is 0.325 e. The molecule has 1 fully saturated rings. The van der Waals surface area contributed by atoms with Crippen molar-refractivity contribution in [2.45, 2.75) is 71.7 Å². The van der Waals surface area contributed by atoms with Crippen LogP contribution in [-0.4, -0.2) is 58.4 Å². The third kappa shape index (κ3) is 6.62. The number of aromatic nitrogens is 1. The van der Waals surface area contributed by atoms with Crippen molar-refractivity contribution >= 4 is 40.7 Å². The Balaban J connectivity index is 1.67. The predicted molar refractivity (Wildman–Crippen MR) is 147 cm³/mol. The highest BCUT2D eigenvalue weighted by Crippen LogP contribution is 2.23. The van der Waals surface area contributed by atoms with Crippen LogP contribution in [0.4, 0.5) is 0 Å². The van der Waals surface area contributed by atoms with Crippen molar-refractivity contribution in [2.75, 3.05) is 6.54 Å². The molecule has 0 aliphatic carbocycles. The van der Waals surface area contributed by atoms with Crippen molar-refractivity contribution in [1.82, 2.24) is 26.1 Å². The van der Waals surface area contributed by atoms with Crippen LogP contribution in [0.25, 0.3) is 17.0 Å². The van der Waals surface area contributed by atoms with Gasteiger partial charge >= 0.3 is 5.97 Å². The van der Waals surface area contributed by atoms with Gasteiger partial charge in [-0.05, 0) is 50.3 Å². The minimum absolute atomic E-state index is 0.205. The van der Waals surface area contributed by atoms with Crippen molar-refractivity contribution in [3.05, 3.63) is 47.7 Å². The molecule has 2 aliphatic heterocycles.